The SMILES string of the molecule is Cc1ccc(OCNC(=O)Nc2cccc(Cl)c2C)cc1C. The van der Waals surface area contributed by atoms with E-state index in [1.807, 2.05) is 39.0 Å². The van der Waals surface area contributed by atoms with Gasteiger partial charge in [0.1, 0.15) is 5.75 Å². The van der Waals surface area contributed by atoms with E-state index in [0.717, 1.165) is 16.9 Å². The molecule has 116 valence electrons. The Morgan fingerprint density at radius 1 is 1.14 bits per heavy atom. The Morgan fingerprint density at radius 3 is 2.64 bits per heavy atom. The molecule has 0 aromatic heterocycles. The van der Waals surface area contributed by atoms with Crippen LogP contribution in [0.25, 0.3) is 0 Å². The third-order valence-corrected chi connectivity index (χ3v) is 3.88. The molecule has 0 atom stereocenters. The van der Waals surface area contributed by atoms with Gasteiger partial charge in [-0.1, -0.05) is 23.7 Å². The van der Waals surface area contributed by atoms with Crippen molar-refractivity contribution in [2.24, 2.45) is 0 Å². The summed E-state index contributed by atoms with van der Waals surface area (Å²) in [6.07, 6.45) is 0. The Bertz CT molecular complexity index is 686. The van der Waals surface area contributed by atoms with E-state index in [9.17, 15) is 4.79 Å². The maximum absolute atomic E-state index is 11.8. The van der Waals surface area contributed by atoms with Crippen molar-refractivity contribution in [3.63, 3.8) is 0 Å². The van der Waals surface area contributed by atoms with Gasteiger partial charge in [-0.2, -0.15) is 0 Å². The van der Waals surface area contributed by atoms with Crippen LogP contribution in [0.1, 0.15) is 16.7 Å². The Labute approximate surface area is 135 Å². The summed E-state index contributed by atoms with van der Waals surface area (Å²) in [7, 11) is 0. The molecule has 0 unspecified atom stereocenters. The average Bonchev–Trinajstić information content (AvgIpc) is 2.48. The number of halogens is 1. The molecule has 2 aromatic rings. The predicted octanol–water partition coefficient (Wildman–Crippen LogP) is 4.42. The van der Waals surface area contributed by atoms with Crippen LogP contribution in [-0.2, 0) is 0 Å². The summed E-state index contributed by atoms with van der Waals surface area (Å²) in [4.78, 5) is 11.8. The molecule has 0 bridgehead atoms. The number of urea groups is 1. The van der Waals surface area contributed by atoms with E-state index in [-0.39, 0.29) is 12.8 Å². The lowest BCUT2D eigenvalue weighted by molar-refractivity contribution is 0.234. The van der Waals surface area contributed by atoms with Crippen LogP contribution in [0.4, 0.5) is 10.5 Å². The van der Waals surface area contributed by atoms with Gasteiger partial charge < -0.3 is 15.4 Å². The number of hydrogen-bond acceptors (Lipinski definition) is 2. The minimum absolute atomic E-state index is 0.0912. The zero-order valence-electron chi connectivity index (χ0n) is 12.9. The number of anilines is 1. The van der Waals surface area contributed by atoms with Gasteiger partial charge in [0.25, 0.3) is 0 Å². The third kappa shape index (κ3) is 4.15. The Kier molecular flexibility index (Phi) is 5.28. The summed E-state index contributed by atoms with van der Waals surface area (Å²) >= 11 is 6.01. The van der Waals surface area contributed by atoms with Crippen LogP contribution < -0.4 is 15.4 Å². The van der Waals surface area contributed by atoms with E-state index < -0.39 is 0 Å². The van der Waals surface area contributed by atoms with E-state index in [0.29, 0.717) is 10.7 Å². The minimum Gasteiger partial charge on any atom is -0.473 e. The molecule has 0 heterocycles. The van der Waals surface area contributed by atoms with Gasteiger partial charge in [-0.15, -0.1) is 0 Å². The van der Waals surface area contributed by atoms with Gasteiger partial charge in [0.15, 0.2) is 6.73 Å². The van der Waals surface area contributed by atoms with Gasteiger partial charge in [0.05, 0.1) is 0 Å². The standard InChI is InChI=1S/C17H19ClN2O2/c1-11-7-8-14(9-12(11)2)22-10-19-17(21)20-16-6-4-5-15(18)13(16)3/h4-9H,10H2,1-3H3,(H2,19,20,21). The molecule has 2 N–H and O–H groups in total. The van der Waals surface area contributed by atoms with Crippen molar-refractivity contribution in [1.29, 1.82) is 0 Å². The van der Waals surface area contributed by atoms with Crippen LogP contribution in [0.3, 0.4) is 0 Å². The highest BCUT2D eigenvalue weighted by Crippen LogP contribution is 2.22. The predicted molar refractivity (Wildman–Crippen MR) is 89.8 cm³/mol. The lowest BCUT2D eigenvalue weighted by atomic mass is 10.1. The molecule has 22 heavy (non-hydrogen) atoms. The zero-order chi connectivity index (χ0) is 16.1. The molecule has 0 aliphatic carbocycles. The number of hydrogen-bond donors (Lipinski definition) is 2. The number of carbonyl (C=O) groups is 1. The lowest BCUT2D eigenvalue weighted by Crippen LogP contribution is -2.32. The van der Waals surface area contributed by atoms with Gasteiger partial charge in [-0.05, 0) is 61.7 Å². The van der Waals surface area contributed by atoms with Gasteiger partial charge in [-0.3, -0.25) is 0 Å². The summed E-state index contributed by atoms with van der Waals surface area (Å²) in [5.74, 6) is 0.724. The van der Waals surface area contributed by atoms with E-state index in [1.54, 1.807) is 18.2 Å². The number of nitrogens with one attached hydrogen (secondary N) is 2. The number of rotatable bonds is 4. The minimum atomic E-state index is -0.339. The van der Waals surface area contributed by atoms with Crippen LogP contribution in [0.15, 0.2) is 36.4 Å². The summed E-state index contributed by atoms with van der Waals surface area (Å²) in [6, 6.07) is 10.8. The van der Waals surface area contributed by atoms with Crippen molar-refractivity contribution in [1.82, 2.24) is 5.32 Å². The second-order valence-electron chi connectivity index (χ2n) is 5.08. The number of ether oxygens (including phenoxy) is 1. The Hall–Kier alpha value is -2.20. The summed E-state index contributed by atoms with van der Waals surface area (Å²) in [5.41, 5.74) is 3.86. The first-order chi connectivity index (χ1) is 10.5. The summed E-state index contributed by atoms with van der Waals surface area (Å²) in [6.45, 7) is 6.00. The fourth-order valence-electron chi connectivity index (χ4n) is 1.90. The zero-order valence-corrected chi connectivity index (χ0v) is 13.6. The molecule has 0 saturated carbocycles. The molecule has 2 rings (SSSR count). The lowest BCUT2D eigenvalue weighted by Gasteiger charge is -2.12. The third-order valence-electron chi connectivity index (χ3n) is 3.47. The van der Waals surface area contributed by atoms with Gasteiger partial charge >= 0.3 is 6.03 Å². The van der Waals surface area contributed by atoms with Crippen LogP contribution in [0.2, 0.25) is 5.02 Å². The average molecular weight is 319 g/mol. The van der Waals surface area contributed by atoms with E-state index in [4.69, 9.17) is 16.3 Å². The quantitative estimate of drug-likeness (QED) is 0.820. The van der Waals surface area contributed by atoms with Gasteiger partial charge in [-0.25, -0.2) is 4.79 Å². The smallest absolute Gasteiger partial charge is 0.321 e. The maximum atomic E-state index is 11.8. The van der Waals surface area contributed by atoms with Gasteiger partial charge in [0, 0.05) is 10.7 Å². The van der Waals surface area contributed by atoms with Crippen molar-refractivity contribution in [3.8, 4) is 5.75 Å². The van der Waals surface area contributed by atoms with Crippen molar-refractivity contribution in [2.75, 3.05) is 12.0 Å². The Balaban J connectivity index is 1.85. The molecule has 4 nitrogen and oxygen atoms in total. The number of amides is 2. The normalized spacial score (nSPS) is 10.2. The second kappa shape index (κ2) is 7.18. The van der Waals surface area contributed by atoms with Crippen molar-refractivity contribution >= 4 is 23.3 Å². The molecule has 0 saturated heterocycles. The first-order valence-corrected chi connectivity index (χ1v) is 7.35. The molecule has 0 fully saturated rings. The summed E-state index contributed by atoms with van der Waals surface area (Å²) in [5, 5.41) is 6.00. The van der Waals surface area contributed by atoms with E-state index in [1.165, 1.54) is 5.56 Å². The fourth-order valence-corrected chi connectivity index (χ4v) is 2.07. The molecule has 0 spiro atoms. The number of benzene rings is 2. The highest BCUT2D eigenvalue weighted by atomic mass is 35.5. The summed E-state index contributed by atoms with van der Waals surface area (Å²) < 4.78 is 5.51. The molecule has 2 amide bonds. The monoisotopic (exact) mass is 318 g/mol. The Morgan fingerprint density at radius 2 is 1.91 bits per heavy atom. The van der Waals surface area contributed by atoms with Crippen LogP contribution in [-0.4, -0.2) is 12.8 Å². The van der Waals surface area contributed by atoms with Gasteiger partial charge in [0.2, 0.25) is 0 Å². The highest BCUT2D eigenvalue weighted by Gasteiger charge is 2.06. The fraction of sp³-hybridized carbons (Fsp3) is 0.235. The first kappa shape index (κ1) is 16.2. The van der Waals surface area contributed by atoms with Crippen LogP contribution >= 0.6 is 11.6 Å². The topological polar surface area (TPSA) is 50.4 Å². The van der Waals surface area contributed by atoms with E-state index >= 15 is 0 Å². The van der Waals surface area contributed by atoms with Crippen LogP contribution in [0, 0.1) is 20.8 Å². The second-order valence-corrected chi connectivity index (χ2v) is 5.49. The molecule has 0 aliphatic rings. The van der Waals surface area contributed by atoms with Crippen molar-refractivity contribution in [3.05, 3.63) is 58.1 Å². The molecular formula is C17H19ClN2O2. The van der Waals surface area contributed by atoms with Crippen molar-refractivity contribution < 1.29 is 9.53 Å². The largest absolute Gasteiger partial charge is 0.473 e. The highest BCUT2D eigenvalue weighted by molar-refractivity contribution is 6.31. The molecule has 5 heteroatoms. The maximum Gasteiger partial charge on any atom is 0.321 e. The molecule has 2 aromatic carbocycles. The first-order valence-electron chi connectivity index (χ1n) is 6.97. The molecule has 0 aliphatic heterocycles. The van der Waals surface area contributed by atoms with Crippen LogP contribution in [0.5, 0.6) is 5.75 Å². The number of carbonyl (C=O) groups excluding carboxylic acids is 1. The van der Waals surface area contributed by atoms with E-state index in [2.05, 4.69) is 10.6 Å². The number of aryl methyl sites for hydroxylation is 2. The molecular weight excluding hydrogens is 300 g/mol. The van der Waals surface area contributed by atoms with Crippen molar-refractivity contribution in [2.45, 2.75) is 20.8 Å². The molecule has 0 radical (unpaired) electrons.